The molecule has 0 spiro atoms. The first-order valence-corrected chi connectivity index (χ1v) is 9.86. The molecule has 1 saturated heterocycles. The molecule has 1 aliphatic heterocycles. The molecule has 0 saturated carbocycles. The van der Waals surface area contributed by atoms with Crippen LogP contribution in [0.2, 0.25) is 0 Å². The third kappa shape index (κ3) is 3.65. The van der Waals surface area contributed by atoms with Gasteiger partial charge in [-0.15, -0.1) is 11.3 Å². The lowest BCUT2D eigenvalue weighted by molar-refractivity contribution is -0.132. The highest BCUT2D eigenvalue weighted by molar-refractivity contribution is 7.17. The number of aromatic nitrogens is 2. The lowest BCUT2D eigenvalue weighted by Crippen LogP contribution is -2.41. The maximum Gasteiger partial charge on any atom is 0.224 e. The molecular weight excluding hydrogens is 360 g/mol. The molecule has 2 aromatic heterocycles. The monoisotopic (exact) mass is 382 g/mol. The van der Waals surface area contributed by atoms with Gasteiger partial charge in [-0.3, -0.25) is 4.79 Å². The number of methoxy groups -OCH3 is 1. The Morgan fingerprint density at radius 1 is 1.30 bits per heavy atom. The maximum atomic E-state index is 12.1. The highest BCUT2D eigenvalue weighted by atomic mass is 32.1. The van der Waals surface area contributed by atoms with E-state index in [2.05, 4.69) is 27.8 Å². The Morgan fingerprint density at radius 2 is 2.11 bits per heavy atom. The molecule has 6 nitrogen and oxygen atoms in total. The molecule has 7 heteroatoms. The number of nitrogens with zero attached hydrogens (tertiary/aromatic N) is 3. The molecule has 1 atom stereocenters. The molecule has 3 heterocycles. The Hall–Kier alpha value is -2.51. The van der Waals surface area contributed by atoms with E-state index in [-0.39, 0.29) is 11.9 Å². The van der Waals surface area contributed by atoms with E-state index in [0.717, 1.165) is 40.1 Å². The Kier molecular flexibility index (Phi) is 5.05. The molecule has 0 radical (unpaired) electrons. The lowest BCUT2D eigenvalue weighted by Gasteiger charge is -2.29. The van der Waals surface area contributed by atoms with Crippen molar-refractivity contribution in [2.75, 3.05) is 26.0 Å². The molecule has 140 valence electrons. The second-order valence-electron chi connectivity index (χ2n) is 6.77. The summed E-state index contributed by atoms with van der Waals surface area (Å²) in [7, 11) is 3.49. The number of likely N-dealkylation sites (tertiary alicyclic amines) is 1. The zero-order valence-electron chi connectivity index (χ0n) is 15.4. The fourth-order valence-corrected chi connectivity index (χ4v) is 4.34. The zero-order valence-corrected chi connectivity index (χ0v) is 16.3. The van der Waals surface area contributed by atoms with Crippen LogP contribution in [0.25, 0.3) is 21.3 Å². The van der Waals surface area contributed by atoms with Gasteiger partial charge in [-0.1, -0.05) is 30.3 Å². The summed E-state index contributed by atoms with van der Waals surface area (Å²) in [6.45, 7) is 1.11. The van der Waals surface area contributed by atoms with Crippen molar-refractivity contribution in [2.24, 2.45) is 0 Å². The van der Waals surface area contributed by atoms with E-state index >= 15 is 0 Å². The lowest BCUT2D eigenvalue weighted by atomic mass is 10.0. The van der Waals surface area contributed by atoms with Crippen molar-refractivity contribution < 1.29 is 9.53 Å². The normalized spacial score (nSPS) is 17.5. The Morgan fingerprint density at radius 3 is 2.85 bits per heavy atom. The maximum absolute atomic E-state index is 12.1. The summed E-state index contributed by atoms with van der Waals surface area (Å²) >= 11 is 1.60. The zero-order chi connectivity index (χ0) is 18.8. The predicted octanol–water partition coefficient (Wildman–Crippen LogP) is 3.54. The third-order valence-electron chi connectivity index (χ3n) is 4.84. The topological polar surface area (TPSA) is 67.3 Å². The van der Waals surface area contributed by atoms with Crippen LogP contribution in [0.1, 0.15) is 18.7 Å². The molecule has 1 unspecified atom stereocenters. The summed E-state index contributed by atoms with van der Waals surface area (Å²) in [6.07, 6.45) is 1.38. The van der Waals surface area contributed by atoms with Crippen LogP contribution in [0.3, 0.4) is 0 Å². The van der Waals surface area contributed by atoms with Crippen LogP contribution in [-0.2, 0) is 16.1 Å². The van der Waals surface area contributed by atoms with Gasteiger partial charge in [0, 0.05) is 44.1 Å². The largest absolute Gasteiger partial charge is 0.377 e. The number of benzene rings is 1. The van der Waals surface area contributed by atoms with E-state index in [1.165, 1.54) is 0 Å². The molecule has 1 amide bonds. The molecule has 27 heavy (non-hydrogen) atoms. The Bertz CT molecular complexity index is 957. The third-order valence-corrected chi connectivity index (χ3v) is 5.71. The fraction of sp³-hybridized carbons (Fsp3) is 0.350. The second-order valence-corrected chi connectivity index (χ2v) is 7.62. The quantitative estimate of drug-likeness (QED) is 0.731. The molecule has 1 N–H and O–H groups in total. The van der Waals surface area contributed by atoms with Crippen molar-refractivity contribution in [3.63, 3.8) is 0 Å². The number of carbonyl (C=O) groups is 1. The Balaban J connectivity index is 1.76. The van der Waals surface area contributed by atoms with Gasteiger partial charge in [0.15, 0.2) is 5.82 Å². The van der Waals surface area contributed by atoms with Crippen molar-refractivity contribution in [3.05, 3.63) is 41.5 Å². The van der Waals surface area contributed by atoms with Gasteiger partial charge in [-0.2, -0.15) is 0 Å². The number of ether oxygens (including phenoxy) is 1. The van der Waals surface area contributed by atoms with Crippen molar-refractivity contribution >= 4 is 33.3 Å². The van der Waals surface area contributed by atoms with Gasteiger partial charge in [0.2, 0.25) is 5.91 Å². The molecule has 1 aromatic carbocycles. The van der Waals surface area contributed by atoms with Crippen LogP contribution in [0.15, 0.2) is 35.7 Å². The molecule has 4 rings (SSSR count). The van der Waals surface area contributed by atoms with Gasteiger partial charge in [-0.25, -0.2) is 9.97 Å². The number of piperidine rings is 1. The minimum atomic E-state index is 0.0747. The molecule has 1 fully saturated rings. The number of anilines is 1. The van der Waals surface area contributed by atoms with E-state index in [9.17, 15) is 4.79 Å². The highest BCUT2D eigenvalue weighted by Crippen LogP contribution is 2.37. The first-order chi connectivity index (χ1) is 13.2. The molecule has 1 aliphatic rings. The number of hydrogen-bond donors (Lipinski definition) is 1. The van der Waals surface area contributed by atoms with Crippen LogP contribution in [0.4, 0.5) is 5.82 Å². The molecule has 0 bridgehead atoms. The molecule has 0 aliphatic carbocycles. The fourth-order valence-electron chi connectivity index (χ4n) is 3.37. The summed E-state index contributed by atoms with van der Waals surface area (Å²) in [5, 5.41) is 6.66. The smallest absolute Gasteiger partial charge is 0.224 e. The number of rotatable bonds is 5. The summed E-state index contributed by atoms with van der Waals surface area (Å²) in [6, 6.07) is 10.3. The number of thiophene rings is 1. The van der Waals surface area contributed by atoms with Crippen molar-refractivity contribution in [3.8, 4) is 11.1 Å². The van der Waals surface area contributed by atoms with E-state index in [4.69, 9.17) is 9.72 Å². The van der Waals surface area contributed by atoms with E-state index in [0.29, 0.717) is 18.9 Å². The summed E-state index contributed by atoms with van der Waals surface area (Å²) in [4.78, 5) is 24.2. The van der Waals surface area contributed by atoms with E-state index < -0.39 is 0 Å². The SMILES string of the molecule is COCc1nc(NC2CCN(C)C(=O)C2)c2c(-c3ccccc3)csc2n1. The number of fused-ring (bicyclic) bond motifs is 1. The van der Waals surface area contributed by atoms with Crippen molar-refractivity contribution in [1.29, 1.82) is 0 Å². The average molecular weight is 382 g/mol. The van der Waals surface area contributed by atoms with Crippen molar-refractivity contribution in [2.45, 2.75) is 25.5 Å². The van der Waals surface area contributed by atoms with Gasteiger partial charge in [0.1, 0.15) is 17.3 Å². The van der Waals surface area contributed by atoms with Gasteiger partial charge >= 0.3 is 0 Å². The molecule has 3 aromatic rings. The number of amides is 1. The first kappa shape index (κ1) is 17.9. The van der Waals surface area contributed by atoms with Crippen LogP contribution in [0, 0.1) is 0 Å². The average Bonchev–Trinajstić information content (AvgIpc) is 3.10. The number of hydrogen-bond acceptors (Lipinski definition) is 6. The van der Waals surface area contributed by atoms with Crippen LogP contribution in [0.5, 0.6) is 0 Å². The highest BCUT2D eigenvalue weighted by Gasteiger charge is 2.25. The summed E-state index contributed by atoms with van der Waals surface area (Å²) in [5.41, 5.74) is 2.25. The first-order valence-electron chi connectivity index (χ1n) is 8.98. The number of nitrogens with one attached hydrogen (secondary N) is 1. The Labute approximate surface area is 162 Å². The minimum absolute atomic E-state index is 0.0747. The van der Waals surface area contributed by atoms with Crippen molar-refractivity contribution in [1.82, 2.24) is 14.9 Å². The summed E-state index contributed by atoms with van der Waals surface area (Å²) < 4.78 is 5.24. The molecular formula is C20H22N4O2S. The predicted molar refractivity (Wildman–Crippen MR) is 108 cm³/mol. The van der Waals surface area contributed by atoms with Gasteiger partial charge in [-0.05, 0) is 12.0 Å². The van der Waals surface area contributed by atoms with E-state index in [1.54, 1.807) is 23.3 Å². The van der Waals surface area contributed by atoms with Crippen LogP contribution >= 0.6 is 11.3 Å². The van der Waals surface area contributed by atoms with Crippen LogP contribution in [-0.4, -0.2) is 47.5 Å². The van der Waals surface area contributed by atoms with Gasteiger partial charge in [0.05, 0.1) is 5.39 Å². The van der Waals surface area contributed by atoms with Gasteiger partial charge < -0.3 is 15.0 Å². The standard InChI is InChI=1S/C20H22N4O2S/c1-24-9-8-14(10-17(24)25)21-19-18-15(13-6-4-3-5-7-13)12-27-20(18)23-16(22-19)11-26-2/h3-7,12,14H,8-11H2,1-2H3,(H,21,22,23). The summed E-state index contributed by atoms with van der Waals surface area (Å²) in [5.74, 6) is 1.59. The van der Waals surface area contributed by atoms with E-state index in [1.807, 2.05) is 25.2 Å². The minimum Gasteiger partial charge on any atom is -0.377 e. The number of carbonyl (C=O) groups excluding carboxylic acids is 1. The van der Waals surface area contributed by atoms with Crippen LogP contribution < -0.4 is 5.32 Å². The second kappa shape index (κ2) is 7.62. The van der Waals surface area contributed by atoms with Gasteiger partial charge in [0.25, 0.3) is 0 Å².